The third-order valence-corrected chi connectivity index (χ3v) is 6.33. The molecule has 2 rings (SSSR count). The maximum Gasteiger partial charge on any atom is 0.249 e. The van der Waals surface area contributed by atoms with Gasteiger partial charge in [0.2, 0.25) is 5.62 Å². The second-order valence-electron chi connectivity index (χ2n) is 9.58. The topological polar surface area (TPSA) is 91.9 Å². The van der Waals surface area contributed by atoms with Crippen molar-refractivity contribution in [2.24, 2.45) is 15.1 Å². The highest BCUT2D eigenvalue weighted by Crippen LogP contribution is 2.21. The normalized spacial score (nSPS) is 15.0. The SMILES string of the molecule is C#Cc1c(N2CCN(C)CC2)n/c(=N/CNC)n(N=C)c1C/C=C\C(=C/CC)OC.C=N/C=C\C(=C/C)OC(=C)/C=C\C=C/C. The number of terminal acetylenes is 1. The van der Waals surface area contributed by atoms with Crippen LogP contribution in [0.5, 0.6) is 0 Å². The van der Waals surface area contributed by atoms with Crippen LogP contribution in [0.3, 0.4) is 0 Å². The van der Waals surface area contributed by atoms with Crippen molar-refractivity contribution in [2.45, 2.75) is 33.6 Å². The lowest BCUT2D eigenvalue weighted by atomic mass is 10.1. The molecule has 0 unspecified atom stereocenters. The van der Waals surface area contributed by atoms with Gasteiger partial charge in [-0.15, -0.1) is 6.42 Å². The number of hydrogen-bond acceptors (Lipinski definition) is 9. The summed E-state index contributed by atoms with van der Waals surface area (Å²) < 4.78 is 12.4. The average molecular weight is 615 g/mol. The molecule has 0 spiro atoms. The molecule has 2 heterocycles. The summed E-state index contributed by atoms with van der Waals surface area (Å²) in [7, 11) is 5.62. The van der Waals surface area contributed by atoms with Gasteiger partial charge < -0.3 is 24.6 Å². The number of piperazine rings is 1. The number of aromatic nitrogens is 2. The summed E-state index contributed by atoms with van der Waals surface area (Å²) in [5.74, 6) is 5.70. The minimum atomic E-state index is 0.419. The first kappa shape index (κ1) is 38.3. The van der Waals surface area contributed by atoms with Gasteiger partial charge in [-0.1, -0.05) is 43.7 Å². The Morgan fingerprint density at radius 1 is 1.11 bits per heavy atom. The van der Waals surface area contributed by atoms with E-state index >= 15 is 0 Å². The lowest BCUT2D eigenvalue weighted by molar-refractivity contribution is 0.305. The molecular formula is C35H50N8O2. The van der Waals surface area contributed by atoms with E-state index < -0.39 is 0 Å². The molecule has 10 heteroatoms. The maximum absolute atomic E-state index is 5.96. The van der Waals surface area contributed by atoms with E-state index in [-0.39, 0.29) is 0 Å². The van der Waals surface area contributed by atoms with Crippen molar-refractivity contribution in [3.8, 4) is 12.3 Å². The van der Waals surface area contributed by atoms with Crippen LogP contribution in [0, 0.1) is 12.3 Å². The molecule has 1 aromatic rings. The van der Waals surface area contributed by atoms with Gasteiger partial charge in [-0.05, 0) is 71.5 Å². The van der Waals surface area contributed by atoms with Gasteiger partial charge in [-0.3, -0.25) is 4.99 Å². The van der Waals surface area contributed by atoms with Gasteiger partial charge in [-0.25, -0.2) is 9.67 Å². The van der Waals surface area contributed by atoms with Crippen molar-refractivity contribution in [1.82, 2.24) is 19.9 Å². The van der Waals surface area contributed by atoms with E-state index in [0.717, 1.165) is 55.4 Å². The molecule has 0 saturated carbocycles. The Balaban J connectivity index is 0.000000570. The van der Waals surface area contributed by atoms with Crippen LogP contribution in [0.2, 0.25) is 0 Å². The first-order valence-corrected chi connectivity index (χ1v) is 14.9. The molecule has 0 bridgehead atoms. The summed E-state index contributed by atoms with van der Waals surface area (Å²) in [4.78, 5) is 17.4. The van der Waals surface area contributed by atoms with Crippen LogP contribution in [-0.4, -0.2) is 82.0 Å². The monoisotopic (exact) mass is 614 g/mol. The van der Waals surface area contributed by atoms with E-state index in [1.165, 1.54) is 0 Å². The fraction of sp³-hybridized carbons (Fsp3) is 0.371. The number of allylic oxidation sites excluding steroid dienone is 9. The van der Waals surface area contributed by atoms with Crippen molar-refractivity contribution in [3.63, 3.8) is 0 Å². The molecule has 1 aromatic heterocycles. The van der Waals surface area contributed by atoms with E-state index in [4.69, 9.17) is 20.9 Å². The van der Waals surface area contributed by atoms with Crippen molar-refractivity contribution in [1.29, 1.82) is 0 Å². The van der Waals surface area contributed by atoms with Crippen LogP contribution < -0.4 is 15.8 Å². The molecule has 0 amide bonds. The Kier molecular flexibility index (Phi) is 19.4. The molecule has 1 fully saturated rings. The lowest BCUT2D eigenvalue weighted by Crippen LogP contribution is -2.46. The second-order valence-corrected chi connectivity index (χ2v) is 9.58. The third-order valence-electron chi connectivity index (χ3n) is 6.33. The molecule has 0 aliphatic carbocycles. The molecule has 0 aromatic carbocycles. The summed E-state index contributed by atoms with van der Waals surface area (Å²) in [5.41, 5.74) is 2.03. The smallest absolute Gasteiger partial charge is 0.249 e. The first-order chi connectivity index (χ1) is 21.8. The zero-order valence-corrected chi connectivity index (χ0v) is 27.9. The zero-order chi connectivity index (χ0) is 33.5. The lowest BCUT2D eigenvalue weighted by Gasteiger charge is -2.34. The minimum Gasteiger partial charge on any atom is -0.497 e. The van der Waals surface area contributed by atoms with Crippen molar-refractivity contribution in [3.05, 3.63) is 102 Å². The number of ether oxygens (including phenoxy) is 2. The van der Waals surface area contributed by atoms with Crippen molar-refractivity contribution in [2.75, 3.05) is 59.0 Å². The molecular weight excluding hydrogens is 564 g/mol. The Hall–Kier alpha value is -4.72. The highest BCUT2D eigenvalue weighted by molar-refractivity contribution is 5.58. The standard InChI is InChI=1S/C22H33N7O.C13H17NO/c1-7-10-18(30-6)11-9-12-20-19(8-2)21(28-15-13-27(5)14-16-28)26-22(25-17-23-3)29(20)24-4;1-5-7-8-9-12(3)15-13(6-2)10-11-14-4/h2,9-11,23H,4,7,12-17H2,1,3,5-6H3;5-11H,3-4H2,1-2H3/b11-9-,18-10+,25-22-;7-5-,9-8-,11-10-,13-6+. The van der Waals surface area contributed by atoms with Crippen LogP contribution in [0.15, 0.2) is 99.8 Å². The number of likely N-dealkylation sites (N-methyl/N-ethyl adjacent to an activating group) is 1. The maximum atomic E-state index is 5.96. The molecule has 0 atom stereocenters. The van der Waals surface area contributed by atoms with Gasteiger partial charge in [0.25, 0.3) is 0 Å². The van der Waals surface area contributed by atoms with E-state index in [0.29, 0.717) is 30.2 Å². The van der Waals surface area contributed by atoms with Crippen LogP contribution >= 0.6 is 0 Å². The van der Waals surface area contributed by atoms with Crippen LogP contribution in [-0.2, 0) is 15.9 Å². The Morgan fingerprint density at radius 3 is 2.40 bits per heavy atom. The number of hydrogen-bond donors (Lipinski definition) is 1. The highest BCUT2D eigenvalue weighted by atomic mass is 16.5. The summed E-state index contributed by atoms with van der Waals surface area (Å²) in [5, 5.41) is 7.18. The van der Waals surface area contributed by atoms with Gasteiger partial charge in [0, 0.05) is 45.5 Å². The zero-order valence-electron chi connectivity index (χ0n) is 27.9. The number of methoxy groups -OCH3 is 1. The number of aliphatic imine (C=N–C) groups is 1. The number of nitrogens with zero attached hydrogens (tertiary/aromatic N) is 7. The quantitative estimate of drug-likeness (QED) is 0.130. The average Bonchev–Trinajstić information content (AvgIpc) is 3.05. The summed E-state index contributed by atoms with van der Waals surface area (Å²) >= 11 is 0. The Labute approximate surface area is 270 Å². The van der Waals surface area contributed by atoms with E-state index in [2.05, 4.69) is 70.1 Å². The molecule has 10 nitrogen and oxygen atoms in total. The Bertz CT molecular complexity index is 1400. The van der Waals surface area contributed by atoms with Gasteiger partial charge in [0.1, 0.15) is 17.3 Å². The molecule has 1 saturated heterocycles. The largest absolute Gasteiger partial charge is 0.497 e. The minimum absolute atomic E-state index is 0.419. The number of nitrogens with one attached hydrogen (secondary N) is 1. The summed E-state index contributed by atoms with van der Waals surface area (Å²) in [6, 6.07) is 0. The molecule has 242 valence electrons. The molecule has 45 heavy (non-hydrogen) atoms. The fourth-order valence-corrected chi connectivity index (χ4v) is 4.02. The van der Waals surface area contributed by atoms with Gasteiger partial charge in [-0.2, -0.15) is 10.1 Å². The second kappa shape index (κ2) is 22.8. The van der Waals surface area contributed by atoms with Gasteiger partial charge >= 0.3 is 0 Å². The summed E-state index contributed by atoms with van der Waals surface area (Å²) in [6.45, 7) is 20.8. The highest BCUT2D eigenvalue weighted by Gasteiger charge is 2.22. The fourth-order valence-electron chi connectivity index (χ4n) is 4.02. The number of anilines is 1. The number of rotatable bonds is 15. The molecule has 1 aliphatic rings. The predicted octanol–water partition coefficient (Wildman–Crippen LogP) is 4.96. The third kappa shape index (κ3) is 13.6. The van der Waals surface area contributed by atoms with Crippen LogP contribution in [0.1, 0.15) is 38.4 Å². The van der Waals surface area contributed by atoms with Crippen molar-refractivity contribution >= 4 is 19.3 Å². The van der Waals surface area contributed by atoms with Gasteiger partial charge in [0.15, 0.2) is 5.82 Å². The molecule has 1 aliphatic heterocycles. The molecule has 0 radical (unpaired) electrons. The Morgan fingerprint density at radius 2 is 1.84 bits per heavy atom. The van der Waals surface area contributed by atoms with Crippen molar-refractivity contribution < 1.29 is 9.47 Å². The van der Waals surface area contributed by atoms with Gasteiger partial charge in [0.05, 0.1) is 25.0 Å². The van der Waals surface area contributed by atoms with Crippen LogP contribution in [0.4, 0.5) is 5.82 Å². The summed E-state index contributed by atoms with van der Waals surface area (Å²) in [6.07, 6.45) is 26.0. The van der Waals surface area contributed by atoms with Crippen LogP contribution in [0.25, 0.3) is 0 Å². The molecule has 1 N–H and O–H groups in total. The first-order valence-electron chi connectivity index (χ1n) is 14.9. The van der Waals surface area contributed by atoms with E-state index in [1.54, 1.807) is 30.1 Å². The van der Waals surface area contributed by atoms with E-state index in [9.17, 15) is 0 Å². The van der Waals surface area contributed by atoms with E-state index in [1.807, 2.05) is 63.4 Å². The predicted molar refractivity (Wildman–Crippen MR) is 189 cm³/mol.